The fourth-order valence-electron chi connectivity index (χ4n) is 6.75. The second kappa shape index (κ2) is 14.7. The quantitative estimate of drug-likeness (QED) is 0.274. The van der Waals surface area contributed by atoms with Crippen LogP contribution in [0.4, 0.5) is 5.69 Å². The minimum absolute atomic E-state index is 0.00197. The van der Waals surface area contributed by atoms with Gasteiger partial charge in [-0.25, -0.2) is 0 Å². The fraction of sp³-hybridized carbons (Fsp3) is 0.432. The van der Waals surface area contributed by atoms with Crippen molar-refractivity contribution in [1.82, 2.24) is 15.1 Å². The van der Waals surface area contributed by atoms with Gasteiger partial charge in [-0.2, -0.15) is 0 Å². The van der Waals surface area contributed by atoms with Crippen LogP contribution >= 0.6 is 0 Å². The number of piperazine rings is 1. The molecule has 2 saturated heterocycles. The number of unbranched alkanes of at least 4 members (excludes halogenated alkanes) is 1. The topological polar surface area (TPSA) is 73.0 Å². The van der Waals surface area contributed by atoms with E-state index in [1.54, 1.807) is 11.8 Å². The molecule has 3 aromatic carbocycles. The van der Waals surface area contributed by atoms with Crippen LogP contribution in [0.25, 0.3) is 11.1 Å². The predicted molar refractivity (Wildman–Crippen MR) is 176 cm³/mol. The number of piperidine rings is 1. The smallest absolute Gasteiger partial charge is 0.246 e. The lowest BCUT2D eigenvalue weighted by molar-refractivity contribution is -0.161. The number of hydrogen-bond donors (Lipinski definition) is 1. The molecule has 2 fully saturated rings. The number of nitrogens with one attached hydrogen (secondary N) is 1. The van der Waals surface area contributed by atoms with Gasteiger partial charge < -0.3 is 20.0 Å². The summed E-state index contributed by atoms with van der Waals surface area (Å²) in [6, 6.07) is 28.2. The molecule has 3 aromatic rings. The molecule has 2 aliphatic heterocycles. The number of likely N-dealkylation sites (tertiary alicyclic amines) is 1. The maximum atomic E-state index is 13.8. The van der Waals surface area contributed by atoms with Crippen molar-refractivity contribution in [3.05, 3.63) is 90.5 Å². The van der Waals surface area contributed by atoms with Crippen molar-refractivity contribution in [2.75, 3.05) is 37.6 Å². The lowest BCUT2D eigenvalue weighted by Crippen LogP contribution is -2.72. The first-order chi connectivity index (χ1) is 21.4. The largest absolute Gasteiger partial charge is 0.342 e. The molecule has 2 aliphatic rings. The van der Waals surface area contributed by atoms with Gasteiger partial charge in [0.1, 0.15) is 11.6 Å². The Morgan fingerprint density at radius 2 is 1.50 bits per heavy atom. The number of carbonyl (C=O) groups excluding carboxylic acids is 3. The van der Waals surface area contributed by atoms with Crippen LogP contribution in [-0.4, -0.2) is 71.8 Å². The van der Waals surface area contributed by atoms with Gasteiger partial charge in [-0.05, 0) is 73.8 Å². The molecule has 1 atom stereocenters. The normalized spacial score (nSPS) is 18.3. The van der Waals surface area contributed by atoms with Crippen molar-refractivity contribution >= 4 is 23.4 Å². The van der Waals surface area contributed by atoms with Gasteiger partial charge in [0.05, 0.1) is 0 Å². The summed E-state index contributed by atoms with van der Waals surface area (Å²) >= 11 is 0. The van der Waals surface area contributed by atoms with Gasteiger partial charge in [-0.1, -0.05) is 79.7 Å². The second-order valence-corrected chi connectivity index (χ2v) is 12.2. The highest BCUT2D eigenvalue weighted by Crippen LogP contribution is 2.34. The van der Waals surface area contributed by atoms with Crippen molar-refractivity contribution in [2.24, 2.45) is 0 Å². The molecule has 5 rings (SSSR count). The lowest BCUT2D eigenvalue weighted by Gasteiger charge is -2.51. The van der Waals surface area contributed by atoms with Crippen LogP contribution in [0.2, 0.25) is 0 Å². The molecule has 0 bridgehead atoms. The summed E-state index contributed by atoms with van der Waals surface area (Å²) in [7, 11) is 0. The van der Waals surface area contributed by atoms with Gasteiger partial charge in [0, 0.05) is 45.3 Å². The van der Waals surface area contributed by atoms with Crippen molar-refractivity contribution in [1.29, 1.82) is 0 Å². The van der Waals surface area contributed by atoms with Gasteiger partial charge in [0.25, 0.3) is 0 Å². The molecule has 1 spiro atoms. The van der Waals surface area contributed by atoms with Crippen molar-refractivity contribution < 1.29 is 14.4 Å². The van der Waals surface area contributed by atoms with Gasteiger partial charge in [0.2, 0.25) is 17.7 Å². The summed E-state index contributed by atoms with van der Waals surface area (Å²) in [5.41, 5.74) is 3.69. The van der Waals surface area contributed by atoms with Crippen LogP contribution in [0.3, 0.4) is 0 Å². The Kier molecular flexibility index (Phi) is 10.5. The van der Waals surface area contributed by atoms with Crippen LogP contribution in [0.15, 0.2) is 84.9 Å². The van der Waals surface area contributed by atoms with Crippen molar-refractivity contribution in [3.63, 3.8) is 0 Å². The molecule has 1 N–H and O–H groups in total. The Morgan fingerprint density at radius 3 is 2.14 bits per heavy atom. The third-order valence-corrected chi connectivity index (χ3v) is 9.29. The summed E-state index contributed by atoms with van der Waals surface area (Å²) < 4.78 is 0. The summed E-state index contributed by atoms with van der Waals surface area (Å²) in [6.07, 6.45) is 5.20. The molecule has 44 heavy (non-hydrogen) atoms. The zero-order valence-corrected chi connectivity index (χ0v) is 26.2. The number of carbonyl (C=O) groups is 3. The average Bonchev–Trinajstić information content (AvgIpc) is 3.06. The molecule has 232 valence electrons. The van der Waals surface area contributed by atoms with Crippen LogP contribution in [0.5, 0.6) is 0 Å². The first kappa shape index (κ1) is 31.5. The molecule has 0 saturated carbocycles. The number of anilines is 1. The van der Waals surface area contributed by atoms with Gasteiger partial charge in [-0.3, -0.25) is 14.4 Å². The zero-order chi connectivity index (χ0) is 30.9. The van der Waals surface area contributed by atoms with E-state index in [4.69, 9.17) is 0 Å². The molecular formula is C37H46N4O3. The van der Waals surface area contributed by atoms with Gasteiger partial charge in [-0.15, -0.1) is 0 Å². The lowest BCUT2D eigenvalue weighted by atomic mass is 9.81. The standard InChI is InChI=1S/C37H46N4O3/c1-3-24-41-35(43)34(38-36(44)37(41)22-27-39(28-23-37)26-21-30-12-6-4-7-13-30)16-10-11-25-40(29(2)42)33-19-17-32(18-20-33)31-14-8-5-9-15-31/h4-9,12-15,17-20,34H,3,10-11,16,21-28H2,1-2H3,(H,38,44)/t34-/m0/s1. The van der Waals surface area contributed by atoms with E-state index in [9.17, 15) is 14.4 Å². The molecule has 0 aliphatic carbocycles. The highest BCUT2D eigenvalue weighted by Gasteiger charge is 2.53. The number of hydrogen-bond acceptors (Lipinski definition) is 4. The molecule has 3 amide bonds. The van der Waals surface area contributed by atoms with Crippen LogP contribution in [-0.2, 0) is 20.8 Å². The minimum Gasteiger partial charge on any atom is -0.342 e. The van der Waals surface area contributed by atoms with E-state index in [-0.39, 0.29) is 17.7 Å². The van der Waals surface area contributed by atoms with E-state index < -0.39 is 11.6 Å². The Balaban J connectivity index is 1.14. The molecular weight excluding hydrogens is 548 g/mol. The Bertz CT molecular complexity index is 1390. The highest BCUT2D eigenvalue weighted by atomic mass is 16.2. The number of amides is 3. The Morgan fingerprint density at radius 1 is 0.864 bits per heavy atom. The van der Waals surface area contributed by atoms with Crippen LogP contribution in [0, 0.1) is 0 Å². The monoisotopic (exact) mass is 594 g/mol. The summed E-state index contributed by atoms with van der Waals surface area (Å²) in [5, 5.41) is 3.12. The van der Waals surface area contributed by atoms with E-state index in [0.29, 0.717) is 32.4 Å². The van der Waals surface area contributed by atoms with E-state index in [0.717, 1.165) is 62.1 Å². The van der Waals surface area contributed by atoms with Gasteiger partial charge >= 0.3 is 0 Å². The first-order valence-corrected chi connectivity index (χ1v) is 16.2. The molecule has 7 heteroatoms. The third-order valence-electron chi connectivity index (χ3n) is 9.29. The number of benzene rings is 3. The van der Waals surface area contributed by atoms with E-state index in [1.807, 2.05) is 53.4 Å². The third kappa shape index (κ3) is 7.21. The summed E-state index contributed by atoms with van der Waals surface area (Å²) in [6.45, 7) is 7.41. The maximum absolute atomic E-state index is 13.8. The number of rotatable bonds is 12. The predicted octanol–water partition coefficient (Wildman–Crippen LogP) is 5.69. The van der Waals surface area contributed by atoms with E-state index in [1.165, 1.54) is 5.56 Å². The number of nitrogens with zero attached hydrogens (tertiary/aromatic N) is 3. The maximum Gasteiger partial charge on any atom is 0.246 e. The molecule has 2 heterocycles. The SMILES string of the molecule is CCCN1C(=O)[C@H](CCCCN(C(C)=O)c2ccc(-c3ccccc3)cc2)NC(=O)C12CCN(CCc1ccccc1)CC2. The van der Waals surface area contributed by atoms with Crippen LogP contribution in [0.1, 0.15) is 57.9 Å². The second-order valence-electron chi connectivity index (χ2n) is 12.2. The molecule has 0 radical (unpaired) electrons. The van der Waals surface area contributed by atoms with Crippen molar-refractivity contribution in [3.8, 4) is 11.1 Å². The molecule has 0 aromatic heterocycles. The van der Waals surface area contributed by atoms with Gasteiger partial charge in [0.15, 0.2) is 0 Å². The summed E-state index contributed by atoms with van der Waals surface area (Å²) in [5.74, 6) is 0.0388. The summed E-state index contributed by atoms with van der Waals surface area (Å²) in [4.78, 5) is 46.1. The fourth-order valence-corrected chi connectivity index (χ4v) is 6.75. The zero-order valence-electron chi connectivity index (χ0n) is 26.2. The Hall–Kier alpha value is -3.97. The highest BCUT2D eigenvalue weighted by molar-refractivity contribution is 6.00. The first-order valence-electron chi connectivity index (χ1n) is 16.2. The van der Waals surface area contributed by atoms with E-state index >= 15 is 0 Å². The van der Waals surface area contributed by atoms with Crippen molar-refractivity contribution in [2.45, 2.75) is 70.4 Å². The molecule has 7 nitrogen and oxygen atoms in total. The minimum atomic E-state index is -0.746. The average molecular weight is 595 g/mol. The van der Waals surface area contributed by atoms with Crippen LogP contribution < -0.4 is 10.2 Å². The Labute approximate surface area is 262 Å². The van der Waals surface area contributed by atoms with E-state index in [2.05, 4.69) is 53.5 Å². The molecule has 0 unspecified atom stereocenters.